The van der Waals surface area contributed by atoms with Crippen LogP contribution in [-0.2, 0) is 4.79 Å². The molecule has 0 radical (unpaired) electrons. The summed E-state index contributed by atoms with van der Waals surface area (Å²) in [4.78, 5) is 9.87. The number of hydrogen-bond donors (Lipinski definition) is 1. The van der Waals surface area contributed by atoms with Gasteiger partial charge in [-0.2, -0.15) is 0 Å². The lowest BCUT2D eigenvalue weighted by Crippen LogP contribution is -1.92. The third kappa shape index (κ3) is 138. The highest BCUT2D eigenvalue weighted by Crippen LogP contribution is 1.97. The minimum atomic E-state index is -0.682. The second kappa shape index (κ2) is 70.4. The molecule has 1 N–H and O–H groups in total. The van der Waals surface area contributed by atoms with Gasteiger partial charge in [0.15, 0.2) is 0 Å². The van der Waals surface area contributed by atoms with Crippen molar-refractivity contribution in [3.8, 4) is 0 Å². The third-order valence-electron chi connectivity index (χ3n) is 0.994. The van der Waals surface area contributed by atoms with Crippen LogP contribution in [-0.4, -0.2) is 11.1 Å². The highest BCUT2D eigenvalue weighted by Gasteiger charge is 1.92. The second-order valence-electron chi connectivity index (χ2n) is 1.85. The molecule has 0 unspecified atom stereocenters. The predicted molar refractivity (Wildman–Crippen MR) is 76.8 cm³/mol. The predicted octanol–water partition coefficient (Wildman–Crippen LogP) is 4.86. The van der Waals surface area contributed by atoms with Gasteiger partial charge in [0, 0.05) is 6.42 Å². The van der Waals surface area contributed by atoms with E-state index in [4.69, 9.17) is 5.11 Å². The van der Waals surface area contributed by atoms with E-state index >= 15 is 0 Å². The zero-order chi connectivity index (χ0) is 14.4. The number of carboxylic acids is 1. The van der Waals surface area contributed by atoms with Crippen LogP contribution >= 0.6 is 0 Å². The van der Waals surface area contributed by atoms with E-state index in [1.807, 2.05) is 0 Å². The van der Waals surface area contributed by atoms with Crippen molar-refractivity contribution in [2.24, 2.45) is 0 Å². The molecule has 0 heterocycles. The van der Waals surface area contributed by atoms with Crippen LogP contribution in [0.5, 0.6) is 0 Å². The standard InChI is InChI=1S/C6H12O2.4C2H4/c1-2-3-4-5-6(7)8;4*1-2/h2-5H2,1H3,(H,7,8);4*1-2H2. The first-order chi connectivity index (χ1) is 7.77. The number of hydrogen-bond acceptors (Lipinski definition) is 1. The van der Waals surface area contributed by atoms with E-state index in [2.05, 4.69) is 59.6 Å². The first-order valence-electron chi connectivity index (χ1n) is 4.99. The number of unbranched alkanes of at least 4 members (excludes halogenated alkanes) is 2. The van der Waals surface area contributed by atoms with Crippen molar-refractivity contribution in [2.45, 2.75) is 32.6 Å². The quantitative estimate of drug-likeness (QED) is 0.551. The normalized spacial score (nSPS) is 5.56. The van der Waals surface area contributed by atoms with Gasteiger partial charge in [0.25, 0.3) is 0 Å². The van der Waals surface area contributed by atoms with Crippen molar-refractivity contribution in [3.05, 3.63) is 52.6 Å². The van der Waals surface area contributed by atoms with Crippen LogP contribution in [0.25, 0.3) is 0 Å². The summed E-state index contributed by atoms with van der Waals surface area (Å²) >= 11 is 0. The summed E-state index contributed by atoms with van der Waals surface area (Å²) in [5.74, 6) is -0.682. The van der Waals surface area contributed by atoms with Crippen LogP contribution in [0.4, 0.5) is 0 Å². The van der Waals surface area contributed by atoms with E-state index in [0.29, 0.717) is 6.42 Å². The van der Waals surface area contributed by atoms with Gasteiger partial charge in [0.1, 0.15) is 0 Å². The molecule has 2 heteroatoms. The molecule has 0 amide bonds. The minimum Gasteiger partial charge on any atom is -0.481 e. The van der Waals surface area contributed by atoms with Crippen LogP contribution in [0, 0.1) is 0 Å². The Morgan fingerprint density at radius 1 is 0.875 bits per heavy atom. The maximum atomic E-state index is 9.87. The Hall–Kier alpha value is -1.57. The summed E-state index contributed by atoms with van der Waals surface area (Å²) in [6.45, 7) is 26.1. The molecule has 0 aromatic rings. The smallest absolute Gasteiger partial charge is 0.303 e. The van der Waals surface area contributed by atoms with Gasteiger partial charge in [-0.25, -0.2) is 0 Å². The number of rotatable bonds is 4. The number of carboxylic acid groups (broad SMARTS) is 1. The largest absolute Gasteiger partial charge is 0.481 e. The van der Waals surface area contributed by atoms with Gasteiger partial charge in [-0.05, 0) is 6.42 Å². The molecule has 16 heavy (non-hydrogen) atoms. The summed E-state index contributed by atoms with van der Waals surface area (Å²) in [5.41, 5.74) is 0. The summed E-state index contributed by atoms with van der Waals surface area (Å²) < 4.78 is 0. The highest BCUT2D eigenvalue weighted by molar-refractivity contribution is 5.66. The molecule has 96 valence electrons. The maximum absolute atomic E-state index is 9.87. The van der Waals surface area contributed by atoms with E-state index in [1.54, 1.807) is 0 Å². The van der Waals surface area contributed by atoms with Gasteiger partial charge in [0.2, 0.25) is 0 Å². The van der Waals surface area contributed by atoms with Crippen molar-refractivity contribution < 1.29 is 9.90 Å². The Morgan fingerprint density at radius 3 is 1.38 bits per heavy atom. The number of aliphatic carboxylic acids is 1. The van der Waals surface area contributed by atoms with Crippen LogP contribution in [0.2, 0.25) is 0 Å². The maximum Gasteiger partial charge on any atom is 0.303 e. The van der Waals surface area contributed by atoms with Gasteiger partial charge < -0.3 is 5.11 Å². The lowest BCUT2D eigenvalue weighted by Gasteiger charge is -1.89. The van der Waals surface area contributed by atoms with Gasteiger partial charge in [0.05, 0.1) is 0 Å². The Bertz CT molecular complexity index is 103. The fourth-order valence-corrected chi connectivity index (χ4v) is 0.526. The molecular formula is C14H28O2. The molecule has 0 aliphatic carbocycles. The molecule has 0 bridgehead atoms. The summed E-state index contributed by atoms with van der Waals surface area (Å²) in [7, 11) is 0. The topological polar surface area (TPSA) is 37.3 Å². The molecule has 0 aromatic heterocycles. The van der Waals surface area contributed by atoms with Crippen molar-refractivity contribution in [2.75, 3.05) is 0 Å². The van der Waals surface area contributed by atoms with Crippen molar-refractivity contribution in [1.29, 1.82) is 0 Å². The van der Waals surface area contributed by atoms with Crippen molar-refractivity contribution in [3.63, 3.8) is 0 Å². The Balaban J connectivity index is -0.0000000426. The van der Waals surface area contributed by atoms with E-state index in [0.717, 1.165) is 19.3 Å². The van der Waals surface area contributed by atoms with E-state index < -0.39 is 5.97 Å². The van der Waals surface area contributed by atoms with E-state index in [9.17, 15) is 4.79 Å². The SMILES string of the molecule is C=C.C=C.C=C.C=C.CCCCCC(=O)O. The lowest BCUT2D eigenvalue weighted by molar-refractivity contribution is -0.137. The average molecular weight is 228 g/mol. The first-order valence-corrected chi connectivity index (χ1v) is 4.99. The Labute approximate surface area is 102 Å². The monoisotopic (exact) mass is 228 g/mol. The average Bonchev–Trinajstić information content (AvgIpc) is 2.39. The molecule has 0 rings (SSSR count). The highest BCUT2D eigenvalue weighted by atomic mass is 16.4. The fourth-order valence-electron chi connectivity index (χ4n) is 0.526. The molecular weight excluding hydrogens is 200 g/mol. The fraction of sp³-hybridized carbons (Fsp3) is 0.357. The molecule has 0 saturated heterocycles. The minimum absolute atomic E-state index is 0.327. The third-order valence-corrected chi connectivity index (χ3v) is 0.994. The molecule has 0 aromatic carbocycles. The van der Waals surface area contributed by atoms with Crippen LogP contribution < -0.4 is 0 Å². The van der Waals surface area contributed by atoms with Crippen LogP contribution in [0.15, 0.2) is 52.6 Å². The first kappa shape index (κ1) is 29.3. The molecule has 0 fully saturated rings. The van der Waals surface area contributed by atoms with Gasteiger partial charge >= 0.3 is 5.97 Å². The number of carbonyl (C=O) groups is 1. The molecule has 0 aliphatic heterocycles. The lowest BCUT2D eigenvalue weighted by atomic mass is 10.2. The van der Waals surface area contributed by atoms with Crippen LogP contribution in [0.1, 0.15) is 32.6 Å². The molecule has 0 saturated carbocycles. The van der Waals surface area contributed by atoms with Crippen LogP contribution in [0.3, 0.4) is 0 Å². The zero-order valence-corrected chi connectivity index (χ0v) is 10.8. The van der Waals surface area contributed by atoms with Crippen molar-refractivity contribution in [1.82, 2.24) is 0 Å². The Morgan fingerprint density at radius 2 is 1.19 bits per heavy atom. The molecule has 0 aliphatic rings. The summed E-state index contributed by atoms with van der Waals surface area (Å²) in [6, 6.07) is 0. The molecule has 0 spiro atoms. The summed E-state index contributed by atoms with van der Waals surface area (Å²) in [5, 5.41) is 8.14. The van der Waals surface area contributed by atoms with Crippen molar-refractivity contribution >= 4 is 5.97 Å². The van der Waals surface area contributed by atoms with Gasteiger partial charge in [-0.15, -0.1) is 52.6 Å². The Kier molecular flexibility index (Phi) is 129. The van der Waals surface area contributed by atoms with E-state index in [1.165, 1.54) is 0 Å². The second-order valence-corrected chi connectivity index (χ2v) is 1.85. The van der Waals surface area contributed by atoms with Gasteiger partial charge in [-0.1, -0.05) is 19.8 Å². The zero-order valence-electron chi connectivity index (χ0n) is 10.8. The summed E-state index contributed by atoms with van der Waals surface area (Å²) in [6.07, 6.45) is 3.28. The van der Waals surface area contributed by atoms with E-state index in [-0.39, 0.29) is 0 Å². The molecule has 2 nitrogen and oxygen atoms in total. The molecule has 0 atom stereocenters. The van der Waals surface area contributed by atoms with Gasteiger partial charge in [-0.3, -0.25) is 4.79 Å².